The third kappa shape index (κ3) is 2.83. The van der Waals surface area contributed by atoms with Gasteiger partial charge in [-0.3, -0.25) is 0 Å². The van der Waals surface area contributed by atoms with Gasteiger partial charge in [0.2, 0.25) is 0 Å². The van der Waals surface area contributed by atoms with Gasteiger partial charge in [0.1, 0.15) is 6.10 Å². The number of rotatable bonds is 4. The molecule has 0 unspecified atom stereocenters. The normalized spacial score (nSPS) is 28.1. The molecule has 7 nitrogen and oxygen atoms in total. The van der Waals surface area contributed by atoms with Gasteiger partial charge < -0.3 is 25.8 Å². The Morgan fingerprint density at radius 1 is 1.47 bits per heavy atom. The fourth-order valence-electron chi connectivity index (χ4n) is 1.53. The molecule has 5 N–H and O–H groups in total. The van der Waals surface area contributed by atoms with Crippen molar-refractivity contribution in [1.82, 2.24) is 0 Å². The van der Waals surface area contributed by atoms with Crippen LogP contribution in [0.4, 0.5) is 0 Å². The van der Waals surface area contributed by atoms with Gasteiger partial charge in [0, 0.05) is 0 Å². The molecule has 0 fully saturated rings. The Morgan fingerprint density at radius 3 is 2.53 bits per heavy atom. The predicted molar refractivity (Wildman–Crippen MR) is 56.0 cm³/mol. The van der Waals surface area contributed by atoms with E-state index in [1.165, 1.54) is 6.08 Å². The maximum absolute atomic E-state index is 10.8. The minimum Gasteiger partial charge on any atom is -0.479 e. The zero-order chi connectivity index (χ0) is 13.2. The van der Waals surface area contributed by atoms with Crippen molar-refractivity contribution in [2.24, 2.45) is 5.73 Å². The average Bonchev–Trinajstić information content (AvgIpc) is 2.22. The zero-order valence-electron chi connectivity index (χ0n) is 8.87. The highest BCUT2D eigenvalue weighted by atomic mass is 16.5. The molecule has 0 saturated carbocycles. The molecule has 0 spiro atoms. The van der Waals surface area contributed by atoms with Gasteiger partial charge in [0.25, 0.3) is 0 Å². The van der Waals surface area contributed by atoms with Crippen LogP contribution in [0, 0.1) is 0 Å². The van der Waals surface area contributed by atoms with Crippen molar-refractivity contribution < 1.29 is 29.6 Å². The average molecular weight is 243 g/mol. The maximum atomic E-state index is 10.8. The topological polar surface area (TPSA) is 130 Å². The van der Waals surface area contributed by atoms with Crippen LogP contribution in [0.2, 0.25) is 0 Å². The molecule has 0 aromatic carbocycles. The molecule has 0 saturated heterocycles. The zero-order valence-corrected chi connectivity index (χ0v) is 8.87. The van der Waals surface area contributed by atoms with Crippen LogP contribution in [-0.4, -0.2) is 45.5 Å². The standard InChI is InChI=1S/C10H13NO6/c1-4(9(13)14)17-8-6(12)3-2-5(7(8)11)10(15)16/h2,6-8,12H,1,3,11H2,(H,13,14)(H,15,16)/t6-,7+,8+/m0/s1. The first-order chi connectivity index (χ1) is 7.84. The second-order valence-corrected chi connectivity index (χ2v) is 3.60. The van der Waals surface area contributed by atoms with E-state index in [0.717, 1.165) is 0 Å². The number of carboxylic acids is 2. The summed E-state index contributed by atoms with van der Waals surface area (Å²) in [4.78, 5) is 21.3. The Hall–Kier alpha value is -1.86. The number of aliphatic hydroxyl groups excluding tert-OH is 1. The molecule has 0 amide bonds. The minimum atomic E-state index is -1.39. The van der Waals surface area contributed by atoms with Gasteiger partial charge in [-0.1, -0.05) is 6.08 Å². The monoisotopic (exact) mass is 243 g/mol. The van der Waals surface area contributed by atoms with Gasteiger partial charge in [-0.05, 0) is 13.0 Å². The Morgan fingerprint density at radius 2 is 2.06 bits per heavy atom. The van der Waals surface area contributed by atoms with Gasteiger partial charge in [0.05, 0.1) is 17.7 Å². The lowest BCUT2D eigenvalue weighted by Crippen LogP contribution is -2.50. The predicted octanol–water partition coefficient (Wildman–Crippen LogP) is -0.927. The van der Waals surface area contributed by atoms with E-state index < -0.39 is 35.9 Å². The molecule has 0 radical (unpaired) electrons. The van der Waals surface area contributed by atoms with Crippen LogP contribution in [0.15, 0.2) is 24.0 Å². The van der Waals surface area contributed by atoms with Crippen LogP contribution in [0.1, 0.15) is 6.42 Å². The van der Waals surface area contributed by atoms with Gasteiger partial charge in [0.15, 0.2) is 5.76 Å². The van der Waals surface area contributed by atoms with E-state index in [1.54, 1.807) is 0 Å². The van der Waals surface area contributed by atoms with Crippen molar-refractivity contribution in [3.63, 3.8) is 0 Å². The summed E-state index contributed by atoms with van der Waals surface area (Å²) in [6, 6.07) is -1.10. The van der Waals surface area contributed by atoms with Crippen molar-refractivity contribution in [3.05, 3.63) is 24.0 Å². The quantitative estimate of drug-likeness (QED) is 0.370. The summed E-state index contributed by atoms with van der Waals surface area (Å²) in [5, 5.41) is 27.0. The van der Waals surface area contributed by atoms with Crippen molar-refractivity contribution in [2.45, 2.75) is 24.7 Å². The maximum Gasteiger partial charge on any atom is 0.370 e. The minimum absolute atomic E-state index is 0.0346. The van der Waals surface area contributed by atoms with E-state index in [-0.39, 0.29) is 12.0 Å². The first-order valence-electron chi connectivity index (χ1n) is 4.80. The van der Waals surface area contributed by atoms with Crippen LogP contribution >= 0.6 is 0 Å². The highest BCUT2D eigenvalue weighted by molar-refractivity contribution is 5.88. The molecule has 0 bridgehead atoms. The largest absolute Gasteiger partial charge is 0.479 e. The van der Waals surface area contributed by atoms with Crippen molar-refractivity contribution >= 4 is 11.9 Å². The van der Waals surface area contributed by atoms with Crippen LogP contribution in [0.25, 0.3) is 0 Å². The SMILES string of the molecule is C=C(O[C@H]1[C@H](N)C(C(=O)O)=CC[C@@H]1O)C(=O)O. The molecule has 7 heteroatoms. The van der Waals surface area contributed by atoms with E-state index in [0.29, 0.717) is 0 Å². The summed E-state index contributed by atoms with van der Waals surface area (Å²) in [7, 11) is 0. The van der Waals surface area contributed by atoms with Gasteiger partial charge in [-0.2, -0.15) is 0 Å². The Balaban J connectivity index is 2.85. The summed E-state index contributed by atoms with van der Waals surface area (Å²) in [6.45, 7) is 3.13. The van der Waals surface area contributed by atoms with Crippen molar-refractivity contribution in [1.29, 1.82) is 0 Å². The summed E-state index contributed by atoms with van der Waals surface area (Å²) in [5.41, 5.74) is 5.48. The molecule has 17 heavy (non-hydrogen) atoms. The van der Waals surface area contributed by atoms with E-state index >= 15 is 0 Å². The molecule has 1 aliphatic carbocycles. The number of carbonyl (C=O) groups is 2. The molecule has 1 rings (SSSR count). The summed E-state index contributed by atoms with van der Waals surface area (Å²) < 4.78 is 4.88. The first kappa shape index (κ1) is 13.2. The molecular formula is C10H13NO6. The molecule has 0 heterocycles. The summed E-state index contributed by atoms with van der Waals surface area (Å²) >= 11 is 0. The van der Waals surface area contributed by atoms with Crippen LogP contribution in [-0.2, 0) is 14.3 Å². The van der Waals surface area contributed by atoms with Crippen LogP contribution < -0.4 is 5.73 Å². The van der Waals surface area contributed by atoms with Crippen molar-refractivity contribution in [2.75, 3.05) is 0 Å². The second kappa shape index (κ2) is 4.98. The smallest absolute Gasteiger partial charge is 0.370 e. The molecule has 1 aliphatic rings. The molecule has 94 valence electrons. The summed E-state index contributed by atoms with van der Waals surface area (Å²) in [6.07, 6.45) is -0.868. The lowest BCUT2D eigenvalue weighted by Gasteiger charge is -2.32. The molecule has 0 aromatic rings. The highest BCUT2D eigenvalue weighted by Crippen LogP contribution is 2.22. The number of hydrogen-bond donors (Lipinski definition) is 4. The number of aliphatic hydroxyl groups is 1. The van der Waals surface area contributed by atoms with E-state index in [4.69, 9.17) is 20.7 Å². The molecular weight excluding hydrogens is 230 g/mol. The lowest BCUT2D eigenvalue weighted by atomic mass is 9.89. The summed E-state index contributed by atoms with van der Waals surface area (Å²) in [5.74, 6) is -3.20. The molecule has 0 aliphatic heterocycles. The number of nitrogens with two attached hydrogens (primary N) is 1. The fraction of sp³-hybridized carbons (Fsp3) is 0.400. The van der Waals surface area contributed by atoms with E-state index in [9.17, 15) is 14.7 Å². The van der Waals surface area contributed by atoms with Gasteiger partial charge in [-0.25, -0.2) is 9.59 Å². The van der Waals surface area contributed by atoms with Gasteiger partial charge in [-0.15, -0.1) is 0 Å². The number of carboxylic acid groups (broad SMARTS) is 2. The number of hydrogen-bond acceptors (Lipinski definition) is 5. The van der Waals surface area contributed by atoms with Crippen LogP contribution in [0.3, 0.4) is 0 Å². The van der Waals surface area contributed by atoms with Crippen molar-refractivity contribution in [3.8, 4) is 0 Å². The van der Waals surface area contributed by atoms with Crippen LogP contribution in [0.5, 0.6) is 0 Å². The van der Waals surface area contributed by atoms with Gasteiger partial charge >= 0.3 is 11.9 Å². The fourth-order valence-corrected chi connectivity index (χ4v) is 1.53. The molecule has 3 atom stereocenters. The Kier molecular flexibility index (Phi) is 3.87. The third-order valence-corrected chi connectivity index (χ3v) is 2.44. The van der Waals surface area contributed by atoms with E-state index in [1.807, 2.05) is 0 Å². The molecule has 0 aromatic heterocycles. The lowest BCUT2D eigenvalue weighted by molar-refractivity contribution is -0.139. The highest BCUT2D eigenvalue weighted by Gasteiger charge is 2.37. The second-order valence-electron chi connectivity index (χ2n) is 3.60. The first-order valence-corrected chi connectivity index (χ1v) is 4.80. The number of ether oxygens (including phenoxy) is 1. The Labute approximate surface area is 96.8 Å². The Bertz CT molecular complexity index is 388. The van der Waals surface area contributed by atoms with E-state index in [2.05, 4.69) is 6.58 Å². The number of aliphatic carboxylic acids is 2. The third-order valence-electron chi connectivity index (χ3n) is 2.44.